The fourth-order valence-electron chi connectivity index (χ4n) is 3.40. The van der Waals surface area contributed by atoms with Crippen LogP contribution in [0.15, 0.2) is 67.0 Å². The Balaban J connectivity index is 1.95. The number of allylic oxidation sites excluding steroid dienone is 1. The molecule has 1 aromatic carbocycles. The molecule has 0 fully saturated rings. The van der Waals surface area contributed by atoms with Crippen LogP contribution in [0.25, 0.3) is 6.08 Å². The molecule has 3 heterocycles. The van der Waals surface area contributed by atoms with Crippen molar-refractivity contribution in [2.24, 2.45) is 4.99 Å². The van der Waals surface area contributed by atoms with E-state index in [2.05, 4.69) is 4.99 Å². The predicted molar refractivity (Wildman–Crippen MR) is 123 cm³/mol. The second-order valence-electron chi connectivity index (χ2n) is 6.63. The van der Waals surface area contributed by atoms with Crippen LogP contribution in [-0.2, 0) is 9.53 Å². The number of hydrogen-bond donors (Lipinski definition) is 0. The summed E-state index contributed by atoms with van der Waals surface area (Å²) < 4.78 is 7.53. The molecule has 3 aromatic rings. The molecular formula is C22H20N2O3S3. The molecule has 1 atom stereocenters. The number of esters is 1. The van der Waals surface area contributed by atoms with E-state index in [9.17, 15) is 9.59 Å². The van der Waals surface area contributed by atoms with Crippen LogP contribution in [0.2, 0.25) is 0 Å². The Labute approximate surface area is 186 Å². The number of thiazole rings is 1. The van der Waals surface area contributed by atoms with E-state index in [-0.39, 0.29) is 12.2 Å². The molecule has 0 N–H and O–H groups in total. The third kappa shape index (κ3) is 3.82. The molecule has 1 aliphatic rings. The molecule has 0 spiro atoms. The lowest BCUT2D eigenvalue weighted by molar-refractivity contribution is -0.139. The summed E-state index contributed by atoms with van der Waals surface area (Å²) in [5, 5.41) is 3.97. The normalized spacial score (nSPS) is 16.4. The molecular weight excluding hydrogens is 436 g/mol. The predicted octanol–water partition coefficient (Wildman–Crippen LogP) is 3.58. The zero-order chi connectivity index (χ0) is 21.3. The van der Waals surface area contributed by atoms with Crippen molar-refractivity contribution in [3.63, 3.8) is 0 Å². The molecule has 30 heavy (non-hydrogen) atoms. The van der Waals surface area contributed by atoms with Gasteiger partial charge in [-0.15, -0.1) is 11.8 Å². The summed E-state index contributed by atoms with van der Waals surface area (Å²) in [6.07, 6.45) is 3.88. The Morgan fingerprint density at radius 1 is 1.30 bits per heavy atom. The minimum Gasteiger partial charge on any atom is -0.463 e. The summed E-state index contributed by atoms with van der Waals surface area (Å²) in [7, 11) is 0. The van der Waals surface area contributed by atoms with Gasteiger partial charge in [-0.1, -0.05) is 23.5 Å². The van der Waals surface area contributed by atoms with Gasteiger partial charge in [0.05, 0.1) is 28.5 Å². The second-order valence-corrected chi connectivity index (χ2v) is 9.30. The van der Waals surface area contributed by atoms with Crippen molar-refractivity contribution >= 4 is 46.5 Å². The van der Waals surface area contributed by atoms with Crippen LogP contribution in [0.3, 0.4) is 0 Å². The van der Waals surface area contributed by atoms with Crippen molar-refractivity contribution in [3.8, 4) is 0 Å². The van der Waals surface area contributed by atoms with Crippen molar-refractivity contribution in [2.45, 2.75) is 24.8 Å². The summed E-state index contributed by atoms with van der Waals surface area (Å²) in [6.45, 7) is 3.83. The summed E-state index contributed by atoms with van der Waals surface area (Å²) in [4.78, 5) is 32.5. The molecule has 1 aliphatic heterocycles. The van der Waals surface area contributed by atoms with Crippen molar-refractivity contribution in [3.05, 3.63) is 83.2 Å². The number of thioether (sulfide) groups is 1. The summed E-state index contributed by atoms with van der Waals surface area (Å²) in [6, 6.07) is 9.32. The number of thiophene rings is 1. The topological polar surface area (TPSA) is 60.7 Å². The van der Waals surface area contributed by atoms with E-state index in [1.165, 1.54) is 11.3 Å². The minimum absolute atomic E-state index is 0.154. The molecule has 2 aromatic heterocycles. The number of carbonyl (C=O) groups excluding carboxylic acids is 1. The van der Waals surface area contributed by atoms with E-state index in [4.69, 9.17) is 4.74 Å². The van der Waals surface area contributed by atoms with E-state index >= 15 is 0 Å². The van der Waals surface area contributed by atoms with E-state index in [0.717, 1.165) is 16.0 Å². The molecule has 0 amide bonds. The molecule has 0 aliphatic carbocycles. The fraction of sp³-hybridized carbons (Fsp3) is 0.227. The smallest absolute Gasteiger partial charge is 0.338 e. The van der Waals surface area contributed by atoms with Gasteiger partial charge in [0.15, 0.2) is 4.80 Å². The molecule has 5 nitrogen and oxygen atoms in total. The number of hydrogen-bond acceptors (Lipinski definition) is 7. The quantitative estimate of drug-likeness (QED) is 0.435. The number of fused-ring (bicyclic) bond motifs is 1. The lowest BCUT2D eigenvalue weighted by Gasteiger charge is -2.24. The molecule has 154 valence electrons. The van der Waals surface area contributed by atoms with Crippen molar-refractivity contribution in [1.29, 1.82) is 0 Å². The van der Waals surface area contributed by atoms with Crippen molar-refractivity contribution in [1.82, 2.24) is 4.57 Å². The summed E-state index contributed by atoms with van der Waals surface area (Å²) >= 11 is 4.56. The fourth-order valence-corrected chi connectivity index (χ4v) is 5.47. The Morgan fingerprint density at radius 2 is 2.07 bits per heavy atom. The average Bonchev–Trinajstić information content (AvgIpc) is 3.36. The van der Waals surface area contributed by atoms with Crippen LogP contribution < -0.4 is 14.9 Å². The van der Waals surface area contributed by atoms with Gasteiger partial charge in [0.2, 0.25) is 0 Å². The SMILES string of the molecule is CCOC(=O)C1=C(C)N=c2s/c(=C/c3ccsc3)c(=O)n2[C@H]1c1ccc(SC)cc1. The highest BCUT2D eigenvalue weighted by Crippen LogP contribution is 2.31. The largest absolute Gasteiger partial charge is 0.463 e. The maximum atomic E-state index is 13.4. The van der Waals surface area contributed by atoms with E-state index < -0.39 is 12.0 Å². The number of ether oxygens (including phenoxy) is 1. The Morgan fingerprint density at radius 3 is 2.70 bits per heavy atom. The maximum absolute atomic E-state index is 13.4. The molecule has 8 heteroatoms. The zero-order valence-corrected chi connectivity index (χ0v) is 19.2. The lowest BCUT2D eigenvalue weighted by Crippen LogP contribution is -2.39. The first kappa shape index (κ1) is 20.8. The molecule has 4 rings (SSSR count). The van der Waals surface area contributed by atoms with Gasteiger partial charge in [0.1, 0.15) is 0 Å². The van der Waals surface area contributed by atoms with Gasteiger partial charge in [0.25, 0.3) is 5.56 Å². The second kappa shape index (κ2) is 8.75. The van der Waals surface area contributed by atoms with Crippen LogP contribution in [0.4, 0.5) is 0 Å². The third-order valence-corrected chi connectivity index (χ3v) is 7.22. The van der Waals surface area contributed by atoms with Crippen LogP contribution >= 0.6 is 34.4 Å². The Kier molecular flexibility index (Phi) is 6.08. The Hall–Kier alpha value is -2.42. The molecule has 0 radical (unpaired) electrons. The van der Waals surface area contributed by atoms with Crippen LogP contribution in [0.5, 0.6) is 0 Å². The molecule has 0 unspecified atom stereocenters. The number of aromatic nitrogens is 1. The highest BCUT2D eigenvalue weighted by atomic mass is 32.2. The zero-order valence-electron chi connectivity index (χ0n) is 16.7. The first-order valence-corrected chi connectivity index (χ1v) is 12.4. The van der Waals surface area contributed by atoms with E-state index in [0.29, 0.717) is 20.6 Å². The summed E-state index contributed by atoms with van der Waals surface area (Å²) in [5.41, 5.74) is 2.66. The van der Waals surface area contributed by atoms with Gasteiger partial charge in [-0.25, -0.2) is 9.79 Å². The van der Waals surface area contributed by atoms with Crippen molar-refractivity contribution in [2.75, 3.05) is 12.9 Å². The van der Waals surface area contributed by atoms with Crippen LogP contribution in [-0.4, -0.2) is 23.4 Å². The van der Waals surface area contributed by atoms with E-state index in [1.54, 1.807) is 41.5 Å². The van der Waals surface area contributed by atoms with Gasteiger partial charge in [0, 0.05) is 4.90 Å². The van der Waals surface area contributed by atoms with Gasteiger partial charge in [-0.3, -0.25) is 9.36 Å². The monoisotopic (exact) mass is 456 g/mol. The highest BCUT2D eigenvalue weighted by Gasteiger charge is 2.33. The van der Waals surface area contributed by atoms with Crippen LogP contribution in [0, 0.1) is 0 Å². The standard InChI is InChI=1S/C22H20N2O3S3/c1-4-27-21(26)18-13(2)23-22-24(19(18)15-5-7-16(28-3)8-6-15)20(25)17(30-22)11-14-9-10-29-12-14/h5-12,19H,4H2,1-3H3/b17-11+/t19-/m0/s1. The lowest BCUT2D eigenvalue weighted by atomic mass is 9.96. The first-order chi connectivity index (χ1) is 14.5. The maximum Gasteiger partial charge on any atom is 0.338 e. The van der Waals surface area contributed by atoms with Crippen molar-refractivity contribution < 1.29 is 9.53 Å². The van der Waals surface area contributed by atoms with Crippen LogP contribution in [0.1, 0.15) is 31.0 Å². The first-order valence-electron chi connectivity index (χ1n) is 9.39. The molecule has 0 bridgehead atoms. The minimum atomic E-state index is -0.569. The number of benzene rings is 1. The molecule has 0 saturated carbocycles. The highest BCUT2D eigenvalue weighted by molar-refractivity contribution is 7.98. The molecule has 0 saturated heterocycles. The van der Waals surface area contributed by atoms with Gasteiger partial charge >= 0.3 is 5.97 Å². The number of rotatable bonds is 5. The third-order valence-electron chi connectivity index (χ3n) is 4.79. The number of carbonyl (C=O) groups is 1. The number of nitrogens with zero attached hydrogens (tertiary/aromatic N) is 2. The van der Waals surface area contributed by atoms with Gasteiger partial charge < -0.3 is 4.74 Å². The average molecular weight is 457 g/mol. The Bertz CT molecular complexity index is 1280. The van der Waals surface area contributed by atoms with Gasteiger partial charge in [-0.2, -0.15) is 11.3 Å². The van der Waals surface area contributed by atoms with Gasteiger partial charge in [-0.05, 0) is 66.3 Å². The summed E-state index contributed by atoms with van der Waals surface area (Å²) in [5.74, 6) is -0.440. The van der Waals surface area contributed by atoms with E-state index in [1.807, 2.05) is 53.4 Å².